The van der Waals surface area contributed by atoms with Crippen LogP contribution in [-0.4, -0.2) is 33.2 Å². The molecule has 0 radical (unpaired) electrons. The maximum absolute atomic E-state index is 13.7. The Bertz CT molecular complexity index is 662. The Labute approximate surface area is 115 Å². The van der Waals surface area contributed by atoms with Gasteiger partial charge in [0.05, 0.1) is 28.6 Å². The molecule has 0 amide bonds. The van der Waals surface area contributed by atoms with Gasteiger partial charge in [-0.25, -0.2) is 14.2 Å². The minimum Gasteiger partial charge on any atom is -0.465 e. The first-order chi connectivity index (χ1) is 9.52. The highest BCUT2D eigenvalue weighted by Crippen LogP contribution is 2.34. The van der Waals surface area contributed by atoms with Crippen LogP contribution in [0.5, 0.6) is 0 Å². The molecule has 0 aliphatic rings. The smallest absolute Gasteiger partial charge is 0.340 e. The first kappa shape index (κ1) is 13.9. The highest BCUT2D eigenvalue weighted by Gasteiger charge is 2.23. The predicted molar refractivity (Wildman–Crippen MR) is 64.9 cm³/mol. The standard InChI is InChI=1S/C10H7FN4O4S/c1-19-9(16)5-2-8(20-10-12-4-13-14-10)7(15(17)18)3-6(5)11/h2-4H,1H3,(H,12,13,14). The zero-order chi connectivity index (χ0) is 14.7. The number of halogens is 1. The number of nitro groups is 1. The van der Waals surface area contributed by atoms with Crippen molar-refractivity contribution in [1.29, 1.82) is 0 Å². The lowest BCUT2D eigenvalue weighted by molar-refractivity contribution is -0.387. The molecule has 104 valence electrons. The van der Waals surface area contributed by atoms with Crippen molar-refractivity contribution in [2.24, 2.45) is 0 Å². The monoisotopic (exact) mass is 298 g/mol. The fourth-order valence-electron chi connectivity index (χ4n) is 1.38. The van der Waals surface area contributed by atoms with Crippen LogP contribution in [0.4, 0.5) is 10.1 Å². The molecule has 0 atom stereocenters. The van der Waals surface area contributed by atoms with Gasteiger partial charge in [0.2, 0.25) is 0 Å². The lowest BCUT2D eigenvalue weighted by Crippen LogP contribution is -2.06. The molecule has 0 unspecified atom stereocenters. The second-order valence-electron chi connectivity index (χ2n) is 3.44. The second-order valence-corrected chi connectivity index (χ2v) is 4.47. The molecule has 1 heterocycles. The van der Waals surface area contributed by atoms with Crippen molar-refractivity contribution in [3.8, 4) is 0 Å². The summed E-state index contributed by atoms with van der Waals surface area (Å²) in [7, 11) is 1.09. The van der Waals surface area contributed by atoms with Crippen molar-refractivity contribution < 1.29 is 18.8 Å². The molecule has 0 saturated heterocycles. The Morgan fingerprint density at radius 2 is 2.30 bits per heavy atom. The van der Waals surface area contributed by atoms with E-state index in [2.05, 4.69) is 19.9 Å². The molecule has 1 aromatic heterocycles. The maximum atomic E-state index is 13.7. The second kappa shape index (κ2) is 5.65. The van der Waals surface area contributed by atoms with Crippen LogP contribution in [0.3, 0.4) is 0 Å². The van der Waals surface area contributed by atoms with Crippen LogP contribution in [-0.2, 0) is 4.74 Å². The number of ether oxygens (including phenoxy) is 1. The summed E-state index contributed by atoms with van der Waals surface area (Å²) in [5.41, 5.74) is -0.864. The number of nitro benzene ring substituents is 1. The summed E-state index contributed by atoms with van der Waals surface area (Å²) in [5, 5.41) is 17.3. The topological polar surface area (TPSA) is 111 Å². The third kappa shape index (κ3) is 2.74. The lowest BCUT2D eigenvalue weighted by Gasteiger charge is -2.05. The first-order valence-electron chi connectivity index (χ1n) is 5.12. The predicted octanol–water partition coefficient (Wildman–Crippen LogP) is 1.79. The number of benzene rings is 1. The van der Waals surface area contributed by atoms with Gasteiger partial charge in [-0.1, -0.05) is 0 Å². The van der Waals surface area contributed by atoms with E-state index in [1.807, 2.05) is 0 Å². The Hall–Kier alpha value is -2.49. The molecule has 0 bridgehead atoms. The highest BCUT2D eigenvalue weighted by molar-refractivity contribution is 7.99. The van der Waals surface area contributed by atoms with E-state index in [9.17, 15) is 19.3 Å². The van der Waals surface area contributed by atoms with E-state index < -0.39 is 22.4 Å². The van der Waals surface area contributed by atoms with Crippen LogP contribution in [0.25, 0.3) is 0 Å². The first-order valence-corrected chi connectivity index (χ1v) is 5.94. The van der Waals surface area contributed by atoms with Gasteiger partial charge >= 0.3 is 5.97 Å². The van der Waals surface area contributed by atoms with Gasteiger partial charge in [-0.2, -0.15) is 5.10 Å². The molecule has 2 aromatic rings. The molecule has 0 aliphatic heterocycles. The number of carbonyl (C=O) groups excluding carboxylic acids is 1. The van der Waals surface area contributed by atoms with Gasteiger partial charge in [0.25, 0.3) is 5.69 Å². The van der Waals surface area contributed by atoms with Gasteiger partial charge in [0.15, 0.2) is 5.16 Å². The summed E-state index contributed by atoms with van der Waals surface area (Å²) in [6.45, 7) is 0. The number of methoxy groups -OCH3 is 1. The number of hydrogen-bond donors (Lipinski definition) is 1. The molecule has 0 fully saturated rings. The third-order valence-corrected chi connectivity index (χ3v) is 3.19. The minimum atomic E-state index is -1.02. The van der Waals surface area contributed by atoms with Crippen molar-refractivity contribution >= 4 is 23.4 Å². The van der Waals surface area contributed by atoms with Crippen molar-refractivity contribution in [3.05, 3.63) is 40.0 Å². The summed E-state index contributed by atoms with van der Waals surface area (Å²) < 4.78 is 18.1. The molecule has 0 spiro atoms. The van der Waals surface area contributed by atoms with Gasteiger partial charge in [-0.3, -0.25) is 15.2 Å². The number of nitrogens with zero attached hydrogens (tertiary/aromatic N) is 3. The number of H-pyrrole nitrogens is 1. The van der Waals surface area contributed by atoms with E-state index >= 15 is 0 Å². The normalized spacial score (nSPS) is 10.3. The Kier molecular flexibility index (Phi) is 3.94. The number of aromatic amines is 1. The maximum Gasteiger partial charge on any atom is 0.340 e. The molecule has 1 aromatic carbocycles. The van der Waals surface area contributed by atoms with Gasteiger partial charge in [0, 0.05) is 0 Å². The lowest BCUT2D eigenvalue weighted by atomic mass is 10.2. The summed E-state index contributed by atoms with van der Waals surface area (Å²) in [5.74, 6) is -1.94. The zero-order valence-electron chi connectivity index (χ0n) is 9.99. The molecule has 2 rings (SSSR count). The molecular formula is C10H7FN4O4S. The van der Waals surface area contributed by atoms with E-state index in [1.54, 1.807) is 0 Å². The van der Waals surface area contributed by atoms with Crippen molar-refractivity contribution in [2.75, 3.05) is 7.11 Å². The summed E-state index contributed by atoms with van der Waals surface area (Å²) >= 11 is 0.855. The van der Waals surface area contributed by atoms with E-state index in [-0.39, 0.29) is 15.6 Å². The van der Waals surface area contributed by atoms with E-state index in [1.165, 1.54) is 6.33 Å². The van der Waals surface area contributed by atoms with E-state index in [4.69, 9.17) is 0 Å². The Morgan fingerprint density at radius 1 is 1.55 bits per heavy atom. The average Bonchev–Trinajstić information content (AvgIpc) is 2.92. The fourth-order valence-corrected chi connectivity index (χ4v) is 2.20. The van der Waals surface area contributed by atoms with Crippen LogP contribution in [0.1, 0.15) is 10.4 Å². The number of nitrogens with one attached hydrogen (secondary N) is 1. The Balaban J connectivity index is 2.51. The van der Waals surface area contributed by atoms with Crippen molar-refractivity contribution in [3.63, 3.8) is 0 Å². The minimum absolute atomic E-state index is 0.0496. The largest absolute Gasteiger partial charge is 0.465 e. The van der Waals surface area contributed by atoms with Crippen LogP contribution >= 0.6 is 11.8 Å². The Morgan fingerprint density at radius 3 is 2.85 bits per heavy atom. The van der Waals surface area contributed by atoms with Gasteiger partial charge in [-0.15, -0.1) is 0 Å². The summed E-state index contributed by atoms with van der Waals surface area (Å²) in [6.07, 6.45) is 1.22. The third-order valence-electron chi connectivity index (χ3n) is 2.25. The molecule has 0 aliphatic carbocycles. The van der Waals surface area contributed by atoms with Crippen molar-refractivity contribution in [2.45, 2.75) is 10.1 Å². The van der Waals surface area contributed by atoms with Gasteiger partial charge in [-0.05, 0) is 17.8 Å². The number of hydrogen-bond acceptors (Lipinski definition) is 7. The van der Waals surface area contributed by atoms with Crippen molar-refractivity contribution in [1.82, 2.24) is 15.2 Å². The molecule has 0 saturated carbocycles. The molecular weight excluding hydrogens is 291 g/mol. The summed E-state index contributed by atoms with van der Waals surface area (Å²) in [6, 6.07) is 1.72. The van der Waals surface area contributed by atoms with Gasteiger partial charge in [0.1, 0.15) is 12.1 Å². The molecule has 1 N–H and O–H groups in total. The number of aromatic nitrogens is 3. The van der Waals surface area contributed by atoms with Crippen LogP contribution in [0, 0.1) is 15.9 Å². The number of esters is 1. The highest BCUT2D eigenvalue weighted by atomic mass is 32.2. The van der Waals surface area contributed by atoms with Crippen LogP contribution in [0.2, 0.25) is 0 Å². The summed E-state index contributed by atoms with van der Waals surface area (Å²) in [4.78, 5) is 25.4. The number of rotatable bonds is 4. The zero-order valence-corrected chi connectivity index (χ0v) is 10.8. The van der Waals surface area contributed by atoms with E-state index in [0.29, 0.717) is 6.07 Å². The molecule has 8 nitrogen and oxygen atoms in total. The van der Waals surface area contributed by atoms with E-state index in [0.717, 1.165) is 24.9 Å². The number of carbonyl (C=O) groups is 1. The fraction of sp³-hybridized carbons (Fsp3) is 0.100. The quantitative estimate of drug-likeness (QED) is 0.520. The average molecular weight is 298 g/mol. The van der Waals surface area contributed by atoms with Crippen LogP contribution in [0.15, 0.2) is 28.5 Å². The molecule has 20 heavy (non-hydrogen) atoms. The molecule has 10 heteroatoms. The van der Waals surface area contributed by atoms with Gasteiger partial charge < -0.3 is 4.74 Å². The van der Waals surface area contributed by atoms with Crippen LogP contribution < -0.4 is 0 Å². The SMILES string of the molecule is COC(=O)c1cc(Sc2ncn[nH]2)c([N+](=O)[O-])cc1F.